The number of aryl methyl sites for hydroxylation is 1. The zero-order chi connectivity index (χ0) is 24.2. The summed E-state index contributed by atoms with van der Waals surface area (Å²) in [5.74, 6) is -1.17. The van der Waals surface area contributed by atoms with E-state index in [0.29, 0.717) is 42.5 Å². The Balaban J connectivity index is 1.74. The van der Waals surface area contributed by atoms with Gasteiger partial charge in [-0.3, -0.25) is 9.59 Å². The first-order chi connectivity index (χ1) is 16.4. The normalized spacial score (nSPS) is 17.4. The third-order valence-corrected chi connectivity index (χ3v) is 6.37. The van der Waals surface area contributed by atoms with Crippen LogP contribution in [0.15, 0.2) is 71.2 Å². The Morgan fingerprint density at radius 2 is 2.03 bits per heavy atom. The molecule has 3 aromatic rings. The molecule has 1 aliphatic rings. The summed E-state index contributed by atoms with van der Waals surface area (Å²) in [7, 11) is 0. The number of ketones is 1. The number of aliphatic hydroxyl groups is 1. The van der Waals surface area contributed by atoms with Crippen LogP contribution in [0.3, 0.4) is 0 Å². The van der Waals surface area contributed by atoms with Crippen LogP contribution in [-0.2, 0) is 16.1 Å². The van der Waals surface area contributed by atoms with Crippen molar-refractivity contribution in [1.29, 1.82) is 0 Å². The monoisotopic (exact) mass is 543 g/mol. The largest absolute Gasteiger partial charge is 0.507 e. The lowest BCUT2D eigenvalue weighted by Gasteiger charge is -2.25. The van der Waals surface area contributed by atoms with Crippen LogP contribution in [0.25, 0.3) is 5.76 Å². The minimum atomic E-state index is -0.731. The summed E-state index contributed by atoms with van der Waals surface area (Å²) in [6, 6.07) is 11.4. The first kappa shape index (κ1) is 24.0. The van der Waals surface area contributed by atoms with Gasteiger partial charge in [-0.2, -0.15) is 0 Å². The minimum Gasteiger partial charge on any atom is -0.507 e. The van der Waals surface area contributed by atoms with Crippen molar-refractivity contribution in [3.63, 3.8) is 0 Å². The van der Waals surface area contributed by atoms with Crippen LogP contribution in [0.4, 0.5) is 0 Å². The smallest absolute Gasteiger partial charge is 0.295 e. The molecule has 0 radical (unpaired) electrons. The fourth-order valence-electron chi connectivity index (χ4n) is 4.05. The lowest BCUT2D eigenvalue weighted by Crippen LogP contribution is -2.31. The number of hydrogen-bond acceptors (Lipinski definition) is 5. The Labute approximate surface area is 210 Å². The lowest BCUT2D eigenvalue weighted by atomic mass is 9.95. The minimum absolute atomic E-state index is 0.0333. The molecular weight excluding hydrogens is 522 g/mol. The second-order valence-electron chi connectivity index (χ2n) is 7.78. The van der Waals surface area contributed by atoms with Gasteiger partial charge < -0.3 is 19.3 Å². The second kappa shape index (κ2) is 10.4. The van der Waals surface area contributed by atoms with E-state index in [1.807, 2.05) is 42.0 Å². The van der Waals surface area contributed by atoms with Gasteiger partial charge in [-0.1, -0.05) is 39.7 Å². The van der Waals surface area contributed by atoms with E-state index < -0.39 is 17.7 Å². The van der Waals surface area contributed by atoms with Crippen molar-refractivity contribution in [2.75, 3.05) is 13.2 Å². The summed E-state index contributed by atoms with van der Waals surface area (Å²) in [4.78, 5) is 31.8. The SMILES string of the molecule is CCOc1ccc(C(O)=C2C(=O)C(=O)N(CCCn3ccnc3)C2c2cccc(Br)c2)cc1Cl. The molecule has 0 saturated carbocycles. The highest BCUT2D eigenvalue weighted by molar-refractivity contribution is 9.10. The van der Waals surface area contributed by atoms with Crippen molar-refractivity contribution in [3.8, 4) is 5.75 Å². The van der Waals surface area contributed by atoms with E-state index in [0.717, 1.165) is 10.0 Å². The molecule has 0 aliphatic carbocycles. The second-order valence-corrected chi connectivity index (χ2v) is 9.10. The van der Waals surface area contributed by atoms with Crippen LogP contribution in [0.5, 0.6) is 5.75 Å². The summed E-state index contributed by atoms with van der Waals surface area (Å²) in [6.45, 7) is 3.26. The quantitative estimate of drug-likeness (QED) is 0.239. The molecule has 1 N–H and O–H groups in total. The van der Waals surface area contributed by atoms with Crippen LogP contribution in [0, 0.1) is 0 Å². The van der Waals surface area contributed by atoms with Crippen molar-refractivity contribution in [2.45, 2.75) is 25.9 Å². The molecule has 0 spiro atoms. The fraction of sp³-hybridized carbons (Fsp3) is 0.240. The number of carbonyl (C=O) groups is 2. The predicted octanol–water partition coefficient (Wildman–Crippen LogP) is 5.21. The Morgan fingerprint density at radius 3 is 2.71 bits per heavy atom. The first-order valence-corrected chi connectivity index (χ1v) is 12.0. The number of halogens is 2. The highest BCUT2D eigenvalue weighted by atomic mass is 79.9. The van der Waals surface area contributed by atoms with Gasteiger partial charge in [0.05, 0.1) is 29.6 Å². The van der Waals surface area contributed by atoms with Gasteiger partial charge >= 0.3 is 0 Å². The Morgan fingerprint density at radius 1 is 1.21 bits per heavy atom. The van der Waals surface area contributed by atoms with E-state index in [1.165, 1.54) is 11.0 Å². The molecule has 2 aromatic carbocycles. The summed E-state index contributed by atoms with van der Waals surface area (Å²) in [5.41, 5.74) is 1.09. The molecule has 1 unspecified atom stereocenters. The topological polar surface area (TPSA) is 84.7 Å². The van der Waals surface area contributed by atoms with Crippen LogP contribution < -0.4 is 4.74 Å². The number of hydrogen-bond donors (Lipinski definition) is 1. The standard InChI is InChI=1S/C25H23BrClN3O4/c1-2-34-20-8-7-17(14-19(20)27)23(31)21-22(16-5-3-6-18(26)13-16)30(25(33)24(21)32)11-4-10-29-12-9-28-15-29/h3,5-9,12-15,22,31H,2,4,10-11H2,1H3. The number of imidazole rings is 1. The van der Waals surface area contributed by atoms with Crippen molar-refractivity contribution in [3.05, 3.63) is 87.4 Å². The van der Waals surface area contributed by atoms with Crippen LogP contribution in [-0.4, -0.2) is 44.4 Å². The molecule has 1 fully saturated rings. The van der Waals surface area contributed by atoms with E-state index >= 15 is 0 Å². The number of benzene rings is 2. The maximum Gasteiger partial charge on any atom is 0.295 e. The van der Waals surface area contributed by atoms with E-state index in [-0.39, 0.29) is 11.3 Å². The number of likely N-dealkylation sites (tertiary alicyclic amines) is 1. The molecule has 2 heterocycles. The molecule has 1 saturated heterocycles. The first-order valence-electron chi connectivity index (χ1n) is 10.8. The number of rotatable bonds is 8. The van der Waals surface area contributed by atoms with E-state index in [1.54, 1.807) is 24.7 Å². The summed E-state index contributed by atoms with van der Waals surface area (Å²) >= 11 is 9.77. The van der Waals surface area contributed by atoms with Crippen molar-refractivity contribution < 1.29 is 19.4 Å². The molecule has 1 aliphatic heterocycles. The summed E-state index contributed by atoms with van der Waals surface area (Å²) in [6.07, 6.45) is 5.85. The third kappa shape index (κ3) is 4.88. The lowest BCUT2D eigenvalue weighted by molar-refractivity contribution is -0.139. The van der Waals surface area contributed by atoms with Gasteiger partial charge in [0, 0.05) is 35.5 Å². The average Bonchev–Trinajstić information content (AvgIpc) is 3.42. The number of ether oxygens (including phenoxy) is 1. The van der Waals surface area contributed by atoms with Gasteiger partial charge in [0.2, 0.25) is 0 Å². The number of carbonyl (C=O) groups excluding carboxylic acids is 2. The number of nitrogens with zero attached hydrogens (tertiary/aromatic N) is 3. The van der Waals surface area contributed by atoms with Crippen LogP contribution >= 0.6 is 27.5 Å². The Hall–Kier alpha value is -3.10. The van der Waals surface area contributed by atoms with Gasteiger partial charge in [0.15, 0.2) is 0 Å². The van der Waals surface area contributed by atoms with E-state index in [2.05, 4.69) is 20.9 Å². The molecule has 34 heavy (non-hydrogen) atoms. The highest BCUT2D eigenvalue weighted by Gasteiger charge is 2.45. The molecule has 1 amide bonds. The number of amides is 1. The van der Waals surface area contributed by atoms with Crippen molar-refractivity contribution in [1.82, 2.24) is 14.5 Å². The molecule has 7 nitrogen and oxygen atoms in total. The molecule has 176 valence electrons. The van der Waals surface area contributed by atoms with Gasteiger partial charge in [-0.25, -0.2) is 4.98 Å². The van der Waals surface area contributed by atoms with E-state index in [9.17, 15) is 14.7 Å². The molecule has 4 rings (SSSR count). The fourth-order valence-corrected chi connectivity index (χ4v) is 4.70. The maximum absolute atomic E-state index is 13.2. The Bertz CT molecular complexity index is 1240. The highest BCUT2D eigenvalue weighted by Crippen LogP contribution is 2.41. The molecule has 1 aromatic heterocycles. The van der Waals surface area contributed by atoms with Gasteiger partial charge in [0.25, 0.3) is 11.7 Å². The Kier molecular flexibility index (Phi) is 7.38. The van der Waals surface area contributed by atoms with Crippen LogP contribution in [0.1, 0.15) is 30.5 Å². The summed E-state index contributed by atoms with van der Waals surface area (Å²) < 4.78 is 8.17. The average molecular weight is 545 g/mol. The van der Waals surface area contributed by atoms with Gasteiger partial charge in [0.1, 0.15) is 11.5 Å². The van der Waals surface area contributed by atoms with Gasteiger partial charge in [-0.05, 0) is 49.2 Å². The zero-order valence-corrected chi connectivity index (χ0v) is 20.8. The van der Waals surface area contributed by atoms with Crippen molar-refractivity contribution >= 4 is 45.0 Å². The third-order valence-electron chi connectivity index (χ3n) is 5.58. The van der Waals surface area contributed by atoms with Crippen molar-refractivity contribution in [2.24, 2.45) is 0 Å². The summed E-state index contributed by atoms with van der Waals surface area (Å²) in [5, 5.41) is 11.5. The predicted molar refractivity (Wildman–Crippen MR) is 133 cm³/mol. The van der Waals surface area contributed by atoms with Crippen LogP contribution in [0.2, 0.25) is 5.02 Å². The molecular formula is C25H23BrClN3O4. The number of Topliss-reactive ketones (excluding diaryl/α,β-unsaturated/α-hetero) is 1. The number of aliphatic hydroxyl groups excluding tert-OH is 1. The van der Waals surface area contributed by atoms with E-state index in [4.69, 9.17) is 16.3 Å². The molecule has 9 heteroatoms. The maximum atomic E-state index is 13.2. The molecule has 0 bridgehead atoms. The van der Waals surface area contributed by atoms with Gasteiger partial charge in [-0.15, -0.1) is 0 Å². The molecule has 1 atom stereocenters. The number of aromatic nitrogens is 2. The zero-order valence-electron chi connectivity index (χ0n) is 18.4.